The fourth-order valence-corrected chi connectivity index (χ4v) is 5.81. The van der Waals surface area contributed by atoms with Crippen molar-refractivity contribution < 1.29 is 28.7 Å². The van der Waals surface area contributed by atoms with E-state index in [1.54, 1.807) is 0 Å². The number of benzene rings is 1. The van der Waals surface area contributed by atoms with Gasteiger partial charge in [-0.05, 0) is 65.2 Å². The Morgan fingerprint density at radius 1 is 1.08 bits per heavy atom. The number of piperidine rings is 1. The maximum absolute atomic E-state index is 11.6. The van der Waals surface area contributed by atoms with Gasteiger partial charge in [-0.2, -0.15) is 0 Å². The number of rotatable bonds is 8. The molecular weight excluding hydrogens is 488 g/mol. The lowest BCUT2D eigenvalue weighted by atomic mass is 9.80. The lowest BCUT2D eigenvalue weighted by Gasteiger charge is -2.45. The third-order valence-electron chi connectivity index (χ3n) is 8.01. The number of oxime groups is 1. The molecule has 38 heavy (non-hydrogen) atoms. The molecule has 0 unspecified atom stereocenters. The number of nitrogens with zero attached hydrogens (tertiary/aromatic N) is 4. The van der Waals surface area contributed by atoms with E-state index >= 15 is 0 Å². The van der Waals surface area contributed by atoms with Gasteiger partial charge >= 0.3 is 5.97 Å². The van der Waals surface area contributed by atoms with E-state index in [0.717, 1.165) is 71.5 Å². The van der Waals surface area contributed by atoms with Crippen molar-refractivity contribution in [2.24, 2.45) is 10.6 Å². The molecule has 1 aromatic heterocycles. The number of aliphatic carboxylic acids is 1. The molecule has 3 aliphatic rings. The number of carbonyl (C=O) groups is 1. The maximum atomic E-state index is 11.6. The predicted molar refractivity (Wildman–Crippen MR) is 141 cm³/mol. The minimum Gasteiger partial charge on any atom is -0.493 e. The molecule has 2 fully saturated rings. The summed E-state index contributed by atoms with van der Waals surface area (Å²) in [7, 11) is 0. The number of hydrogen-bond donors (Lipinski definition) is 1. The van der Waals surface area contributed by atoms with Crippen LogP contribution in [0.2, 0.25) is 0 Å². The molecule has 0 saturated carbocycles. The summed E-state index contributed by atoms with van der Waals surface area (Å²) in [4.78, 5) is 22.1. The van der Waals surface area contributed by atoms with Crippen molar-refractivity contribution in [2.45, 2.75) is 66.0 Å². The molecule has 1 aromatic carbocycles. The van der Waals surface area contributed by atoms with Crippen LogP contribution in [0.4, 0.5) is 0 Å². The van der Waals surface area contributed by atoms with Crippen LogP contribution in [0.5, 0.6) is 11.5 Å². The van der Waals surface area contributed by atoms with Crippen molar-refractivity contribution >= 4 is 11.8 Å². The molecule has 5 rings (SSSR count). The number of amidine groups is 1. The zero-order valence-corrected chi connectivity index (χ0v) is 23.0. The summed E-state index contributed by atoms with van der Waals surface area (Å²) in [6.45, 7) is 14.4. The number of aromatic nitrogens is 1. The van der Waals surface area contributed by atoms with Crippen LogP contribution in [0.15, 0.2) is 21.8 Å². The number of likely N-dealkylation sites (tertiary alicyclic amines) is 2. The van der Waals surface area contributed by atoms with Gasteiger partial charge in [-0.25, -0.2) is 0 Å². The average Bonchev–Trinajstić information content (AvgIpc) is 3.44. The van der Waals surface area contributed by atoms with Crippen molar-refractivity contribution in [1.82, 2.24) is 15.0 Å². The van der Waals surface area contributed by atoms with Gasteiger partial charge in [-0.3, -0.25) is 9.69 Å². The van der Waals surface area contributed by atoms with Gasteiger partial charge in [0, 0.05) is 32.7 Å². The van der Waals surface area contributed by atoms with Gasteiger partial charge in [0.1, 0.15) is 23.1 Å². The number of carboxylic acids is 1. The van der Waals surface area contributed by atoms with Gasteiger partial charge in [-0.15, -0.1) is 0 Å². The van der Waals surface area contributed by atoms with E-state index in [0.29, 0.717) is 39.1 Å². The average molecular weight is 527 g/mol. The van der Waals surface area contributed by atoms with E-state index in [9.17, 15) is 9.90 Å². The van der Waals surface area contributed by atoms with Crippen LogP contribution >= 0.6 is 0 Å². The van der Waals surface area contributed by atoms with Crippen LogP contribution in [-0.2, 0) is 16.2 Å². The highest BCUT2D eigenvalue weighted by Crippen LogP contribution is 2.44. The molecule has 206 valence electrons. The van der Waals surface area contributed by atoms with E-state index in [-0.39, 0.29) is 5.60 Å². The Balaban J connectivity index is 1.25. The Hall–Kier alpha value is -3.27. The lowest BCUT2D eigenvalue weighted by Crippen LogP contribution is -2.61. The molecule has 1 spiro atoms. The molecule has 0 bridgehead atoms. The first-order valence-electron chi connectivity index (χ1n) is 13.5. The molecule has 0 aliphatic carbocycles. The molecule has 0 atom stereocenters. The summed E-state index contributed by atoms with van der Waals surface area (Å²) in [5.41, 5.74) is 2.75. The molecule has 3 aliphatic heterocycles. The first-order chi connectivity index (χ1) is 18.2. The third-order valence-corrected chi connectivity index (χ3v) is 8.01. The smallest absolute Gasteiger partial charge is 0.309 e. The SMILES string of the molecule is CCOc1cc(CN2CC3(CC(N4CCC(C)(C(=O)O)CC4)=NO3)C2)cc(OCC)c1-c1c(C)noc1C. The molecule has 10 nitrogen and oxygen atoms in total. The zero-order valence-electron chi connectivity index (χ0n) is 23.0. The quantitative estimate of drug-likeness (QED) is 0.540. The Labute approximate surface area is 223 Å². The molecule has 4 heterocycles. The fraction of sp³-hybridized carbons (Fsp3) is 0.607. The van der Waals surface area contributed by atoms with Crippen LogP contribution in [-0.4, -0.2) is 76.9 Å². The topological polar surface area (TPSA) is 110 Å². The number of carboxylic acid groups (broad SMARTS) is 1. The van der Waals surface area contributed by atoms with E-state index in [1.165, 1.54) is 0 Å². The number of hydrogen-bond acceptors (Lipinski definition) is 9. The van der Waals surface area contributed by atoms with Gasteiger partial charge in [0.05, 0.1) is 41.9 Å². The Kier molecular flexibility index (Phi) is 7.02. The first-order valence-corrected chi connectivity index (χ1v) is 13.5. The summed E-state index contributed by atoms with van der Waals surface area (Å²) in [5, 5.41) is 18.1. The summed E-state index contributed by atoms with van der Waals surface area (Å²) >= 11 is 0. The van der Waals surface area contributed by atoms with Gasteiger partial charge in [0.25, 0.3) is 0 Å². The standard InChI is InChI=1S/C28H38N4O6/c1-6-35-21-12-20(13-22(36-7-2)25(21)24-18(3)29-37-19(24)4)15-31-16-28(17-31)14-23(30-38-28)32-10-8-27(5,9-11-32)26(33)34/h12-13H,6-11,14-17H2,1-5H3,(H,33,34). The van der Waals surface area contributed by atoms with Crippen molar-refractivity contribution in [1.29, 1.82) is 0 Å². The Morgan fingerprint density at radius 2 is 1.71 bits per heavy atom. The van der Waals surface area contributed by atoms with Crippen molar-refractivity contribution in [2.75, 3.05) is 39.4 Å². The van der Waals surface area contributed by atoms with Crippen LogP contribution in [0.3, 0.4) is 0 Å². The lowest BCUT2D eigenvalue weighted by molar-refractivity contribution is -0.150. The summed E-state index contributed by atoms with van der Waals surface area (Å²) < 4.78 is 17.6. The molecule has 2 aromatic rings. The van der Waals surface area contributed by atoms with E-state index < -0.39 is 11.4 Å². The predicted octanol–water partition coefficient (Wildman–Crippen LogP) is 4.23. The highest BCUT2D eigenvalue weighted by Gasteiger charge is 2.51. The van der Waals surface area contributed by atoms with Gasteiger partial charge in [0.15, 0.2) is 5.60 Å². The van der Waals surface area contributed by atoms with Crippen molar-refractivity contribution in [3.63, 3.8) is 0 Å². The largest absolute Gasteiger partial charge is 0.493 e. The van der Waals surface area contributed by atoms with Crippen LogP contribution < -0.4 is 9.47 Å². The normalized spacial score (nSPS) is 20.1. The minimum atomic E-state index is -0.715. The summed E-state index contributed by atoms with van der Waals surface area (Å²) in [5.74, 6) is 2.49. The van der Waals surface area contributed by atoms with Crippen molar-refractivity contribution in [3.05, 3.63) is 29.2 Å². The molecule has 1 N–H and O–H groups in total. The summed E-state index contributed by atoms with van der Waals surface area (Å²) in [6, 6.07) is 4.17. The van der Waals surface area contributed by atoms with E-state index in [2.05, 4.69) is 32.2 Å². The van der Waals surface area contributed by atoms with Crippen LogP contribution in [0.25, 0.3) is 11.1 Å². The highest BCUT2D eigenvalue weighted by molar-refractivity contribution is 5.85. The molecule has 0 radical (unpaired) electrons. The third kappa shape index (κ3) is 4.81. The van der Waals surface area contributed by atoms with Gasteiger partial charge in [0.2, 0.25) is 0 Å². The molecule has 0 amide bonds. The number of aryl methyl sites for hydroxylation is 2. The number of ether oxygens (including phenoxy) is 2. The fourth-order valence-electron chi connectivity index (χ4n) is 5.81. The molecule has 10 heteroatoms. The maximum Gasteiger partial charge on any atom is 0.309 e. The summed E-state index contributed by atoms with van der Waals surface area (Å²) in [6.07, 6.45) is 2.00. The minimum absolute atomic E-state index is 0.301. The first kappa shape index (κ1) is 26.3. The van der Waals surface area contributed by atoms with Gasteiger partial charge < -0.3 is 28.8 Å². The van der Waals surface area contributed by atoms with Crippen LogP contribution in [0, 0.1) is 19.3 Å². The monoisotopic (exact) mass is 526 g/mol. The second-order valence-electron chi connectivity index (χ2n) is 11.0. The molecule has 2 saturated heterocycles. The van der Waals surface area contributed by atoms with E-state index in [1.807, 2.05) is 34.6 Å². The Morgan fingerprint density at radius 3 is 2.24 bits per heavy atom. The van der Waals surface area contributed by atoms with Crippen molar-refractivity contribution in [3.8, 4) is 22.6 Å². The zero-order chi connectivity index (χ0) is 27.1. The van der Waals surface area contributed by atoms with Gasteiger partial charge in [-0.1, -0.05) is 10.3 Å². The second-order valence-corrected chi connectivity index (χ2v) is 11.0. The highest BCUT2D eigenvalue weighted by atomic mass is 16.7. The second kappa shape index (κ2) is 10.1. The van der Waals surface area contributed by atoms with E-state index in [4.69, 9.17) is 18.8 Å². The molecular formula is C28H38N4O6. The van der Waals surface area contributed by atoms with Crippen LogP contribution in [0.1, 0.15) is 57.1 Å². The Bertz CT molecular complexity index is 1180.